The van der Waals surface area contributed by atoms with E-state index in [4.69, 9.17) is 5.26 Å². The molecule has 0 amide bonds. The van der Waals surface area contributed by atoms with Gasteiger partial charge < -0.3 is 5.32 Å². The molecule has 1 fully saturated rings. The van der Waals surface area contributed by atoms with Gasteiger partial charge in [-0.25, -0.2) is 0 Å². The lowest BCUT2D eigenvalue weighted by atomic mass is 10.2. The van der Waals surface area contributed by atoms with Gasteiger partial charge >= 0.3 is 0 Å². The highest BCUT2D eigenvalue weighted by Crippen LogP contribution is 2.03. The van der Waals surface area contributed by atoms with E-state index in [0.717, 1.165) is 31.6 Å². The van der Waals surface area contributed by atoms with E-state index in [2.05, 4.69) is 21.7 Å². The van der Waals surface area contributed by atoms with Crippen molar-refractivity contribution in [3.8, 4) is 6.07 Å². The third-order valence-electron chi connectivity index (χ3n) is 2.21. The standard InChI is InChI=1S/C9H13N5/c10-4-2-1-3-8-6-14(13-12-8)7-9-5-11-9/h6,9,11H,1-3,5,7H2/t9-/m0/s1. The Kier molecular flexibility index (Phi) is 2.75. The minimum Gasteiger partial charge on any atom is -0.309 e. The van der Waals surface area contributed by atoms with E-state index in [1.54, 1.807) is 0 Å². The van der Waals surface area contributed by atoms with Gasteiger partial charge in [-0.05, 0) is 12.8 Å². The second-order valence-corrected chi connectivity index (χ2v) is 3.55. The summed E-state index contributed by atoms with van der Waals surface area (Å²) in [7, 11) is 0. The normalized spacial score (nSPS) is 19.2. The van der Waals surface area contributed by atoms with Crippen molar-refractivity contribution in [1.29, 1.82) is 5.26 Å². The third kappa shape index (κ3) is 2.54. The molecule has 0 saturated carbocycles. The van der Waals surface area contributed by atoms with Crippen LogP contribution in [0.1, 0.15) is 18.5 Å². The van der Waals surface area contributed by atoms with Gasteiger partial charge in [0.05, 0.1) is 18.3 Å². The molecule has 1 aliphatic rings. The van der Waals surface area contributed by atoms with Crippen molar-refractivity contribution in [2.24, 2.45) is 0 Å². The van der Waals surface area contributed by atoms with Crippen LogP contribution in [0, 0.1) is 11.3 Å². The Morgan fingerprint density at radius 1 is 1.71 bits per heavy atom. The van der Waals surface area contributed by atoms with Crippen LogP contribution in [0.5, 0.6) is 0 Å². The molecule has 2 heterocycles. The van der Waals surface area contributed by atoms with Gasteiger partial charge in [0.1, 0.15) is 0 Å². The van der Waals surface area contributed by atoms with Crippen molar-refractivity contribution >= 4 is 0 Å². The first-order valence-electron chi connectivity index (χ1n) is 4.88. The molecule has 1 aromatic rings. The zero-order chi connectivity index (χ0) is 9.80. The average Bonchev–Trinajstić information content (AvgIpc) is 2.87. The first kappa shape index (κ1) is 9.16. The average molecular weight is 191 g/mol. The van der Waals surface area contributed by atoms with Crippen LogP contribution in [-0.2, 0) is 13.0 Å². The zero-order valence-electron chi connectivity index (χ0n) is 7.98. The van der Waals surface area contributed by atoms with Gasteiger partial charge in [-0.2, -0.15) is 5.26 Å². The number of hydrogen-bond donors (Lipinski definition) is 1. The number of aryl methyl sites for hydroxylation is 1. The van der Waals surface area contributed by atoms with Gasteiger partial charge in [-0.3, -0.25) is 4.68 Å². The monoisotopic (exact) mass is 191 g/mol. The van der Waals surface area contributed by atoms with Crippen LogP contribution in [0.3, 0.4) is 0 Å². The highest BCUT2D eigenvalue weighted by Gasteiger charge is 2.20. The van der Waals surface area contributed by atoms with E-state index < -0.39 is 0 Å². The Morgan fingerprint density at radius 3 is 3.29 bits per heavy atom. The van der Waals surface area contributed by atoms with Gasteiger partial charge in [0, 0.05) is 25.2 Å². The van der Waals surface area contributed by atoms with Crippen molar-refractivity contribution in [3.63, 3.8) is 0 Å². The molecule has 2 rings (SSSR count). The van der Waals surface area contributed by atoms with E-state index in [9.17, 15) is 0 Å². The first-order chi connectivity index (χ1) is 6.88. The highest BCUT2D eigenvalue weighted by atomic mass is 15.4. The molecule has 0 aliphatic carbocycles. The van der Waals surface area contributed by atoms with Crippen molar-refractivity contribution in [1.82, 2.24) is 20.3 Å². The largest absolute Gasteiger partial charge is 0.309 e. The van der Waals surface area contributed by atoms with Crippen molar-refractivity contribution in [2.45, 2.75) is 31.8 Å². The molecule has 0 radical (unpaired) electrons. The molecule has 74 valence electrons. The van der Waals surface area contributed by atoms with E-state index >= 15 is 0 Å². The van der Waals surface area contributed by atoms with E-state index in [0.29, 0.717) is 12.5 Å². The number of unbranched alkanes of at least 4 members (excludes halogenated alkanes) is 1. The minimum atomic E-state index is 0.587. The van der Waals surface area contributed by atoms with Crippen molar-refractivity contribution in [2.75, 3.05) is 6.54 Å². The quantitative estimate of drug-likeness (QED) is 0.529. The number of rotatable bonds is 5. The molecular weight excluding hydrogens is 178 g/mol. The molecule has 5 nitrogen and oxygen atoms in total. The fourth-order valence-corrected chi connectivity index (χ4v) is 1.33. The Hall–Kier alpha value is -1.41. The first-order valence-corrected chi connectivity index (χ1v) is 4.88. The summed E-state index contributed by atoms with van der Waals surface area (Å²) < 4.78 is 1.87. The lowest BCUT2D eigenvalue weighted by Crippen LogP contribution is -2.06. The Labute approximate surface area is 82.7 Å². The second-order valence-electron chi connectivity index (χ2n) is 3.55. The van der Waals surface area contributed by atoms with E-state index in [1.807, 2.05) is 10.9 Å². The molecule has 0 aromatic carbocycles. The summed E-state index contributed by atoms with van der Waals surface area (Å²) in [6.07, 6.45) is 4.29. The van der Waals surface area contributed by atoms with E-state index in [-0.39, 0.29) is 0 Å². The topological polar surface area (TPSA) is 76.4 Å². The smallest absolute Gasteiger partial charge is 0.0827 e. The fourth-order valence-electron chi connectivity index (χ4n) is 1.33. The maximum absolute atomic E-state index is 8.38. The maximum atomic E-state index is 8.38. The summed E-state index contributed by atoms with van der Waals surface area (Å²) in [5.74, 6) is 0. The fraction of sp³-hybridized carbons (Fsp3) is 0.667. The molecular formula is C9H13N5. The molecule has 0 bridgehead atoms. The Balaban J connectivity index is 1.80. The molecule has 1 atom stereocenters. The summed E-state index contributed by atoms with van der Waals surface area (Å²) in [6, 6.07) is 2.71. The maximum Gasteiger partial charge on any atom is 0.0827 e. The summed E-state index contributed by atoms with van der Waals surface area (Å²) in [5.41, 5.74) is 0.987. The summed E-state index contributed by atoms with van der Waals surface area (Å²) in [5, 5.41) is 19.7. The molecule has 1 N–H and O–H groups in total. The Morgan fingerprint density at radius 2 is 2.57 bits per heavy atom. The number of aromatic nitrogens is 3. The Bertz CT molecular complexity index is 333. The van der Waals surface area contributed by atoms with Gasteiger partial charge in [-0.1, -0.05) is 5.21 Å². The van der Waals surface area contributed by atoms with Gasteiger partial charge in [0.2, 0.25) is 0 Å². The summed E-state index contributed by atoms with van der Waals surface area (Å²) >= 11 is 0. The summed E-state index contributed by atoms with van der Waals surface area (Å²) in [4.78, 5) is 0. The van der Waals surface area contributed by atoms with Gasteiger partial charge in [0.15, 0.2) is 0 Å². The molecule has 0 unspecified atom stereocenters. The van der Waals surface area contributed by atoms with Crippen LogP contribution < -0.4 is 5.32 Å². The molecule has 0 spiro atoms. The molecule has 1 saturated heterocycles. The predicted octanol–water partition coefficient (Wildman–Crippen LogP) is 0.0962. The van der Waals surface area contributed by atoms with Gasteiger partial charge in [-0.15, -0.1) is 5.10 Å². The number of nitriles is 1. The summed E-state index contributed by atoms with van der Waals surface area (Å²) in [6.45, 7) is 1.99. The second kappa shape index (κ2) is 4.20. The highest BCUT2D eigenvalue weighted by molar-refractivity contribution is 4.94. The molecule has 1 aliphatic heterocycles. The predicted molar refractivity (Wildman–Crippen MR) is 50.4 cm³/mol. The van der Waals surface area contributed by atoms with Crippen molar-refractivity contribution < 1.29 is 0 Å². The third-order valence-corrected chi connectivity index (χ3v) is 2.21. The van der Waals surface area contributed by atoms with Crippen LogP contribution in [0.25, 0.3) is 0 Å². The van der Waals surface area contributed by atoms with Crippen LogP contribution in [-0.4, -0.2) is 27.6 Å². The molecule has 1 aromatic heterocycles. The van der Waals surface area contributed by atoms with Crippen LogP contribution in [0.4, 0.5) is 0 Å². The van der Waals surface area contributed by atoms with E-state index in [1.165, 1.54) is 0 Å². The van der Waals surface area contributed by atoms with Crippen molar-refractivity contribution in [3.05, 3.63) is 11.9 Å². The molecule has 14 heavy (non-hydrogen) atoms. The SMILES string of the molecule is N#CCCCc1cn(C[C@@H]2CN2)nn1. The van der Waals surface area contributed by atoms with Gasteiger partial charge in [0.25, 0.3) is 0 Å². The number of hydrogen-bond acceptors (Lipinski definition) is 4. The van der Waals surface area contributed by atoms with Crippen LogP contribution in [0.15, 0.2) is 6.20 Å². The lowest BCUT2D eigenvalue weighted by Gasteiger charge is -1.93. The minimum absolute atomic E-state index is 0.587. The number of nitrogens with zero attached hydrogens (tertiary/aromatic N) is 4. The number of nitrogens with one attached hydrogen (secondary N) is 1. The van der Waals surface area contributed by atoms with Crippen LogP contribution >= 0.6 is 0 Å². The van der Waals surface area contributed by atoms with Crippen LogP contribution in [0.2, 0.25) is 0 Å². The zero-order valence-corrected chi connectivity index (χ0v) is 7.98. The molecule has 5 heteroatoms. The lowest BCUT2D eigenvalue weighted by molar-refractivity contribution is 0.582.